The summed E-state index contributed by atoms with van der Waals surface area (Å²) in [7, 11) is 2.16. The lowest BCUT2D eigenvalue weighted by Crippen LogP contribution is -2.42. The average molecular weight is 318 g/mol. The van der Waals surface area contributed by atoms with Crippen LogP contribution >= 0.6 is 27.5 Å². The maximum Gasteiger partial charge on any atom is 0.0482 e. The van der Waals surface area contributed by atoms with E-state index in [2.05, 4.69) is 27.9 Å². The summed E-state index contributed by atoms with van der Waals surface area (Å²) in [5.41, 5.74) is 7.12. The molecule has 0 amide bonds. The molecule has 1 saturated carbocycles. The van der Waals surface area contributed by atoms with Crippen LogP contribution < -0.4 is 5.73 Å². The molecule has 94 valence electrons. The number of nitrogens with two attached hydrogens (primary N) is 1. The van der Waals surface area contributed by atoms with Crippen LogP contribution in [0.4, 0.5) is 0 Å². The molecule has 1 atom stereocenters. The van der Waals surface area contributed by atoms with E-state index in [9.17, 15) is 0 Å². The van der Waals surface area contributed by atoms with Gasteiger partial charge in [0.15, 0.2) is 0 Å². The van der Waals surface area contributed by atoms with Gasteiger partial charge >= 0.3 is 0 Å². The van der Waals surface area contributed by atoms with Gasteiger partial charge in [-0.3, -0.25) is 4.90 Å². The molecule has 0 radical (unpaired) electrons. The molecule has 1 fully saturated rings. The van der Waals surface area contributed by atoms with Gasteiger partial charge in [0.1, 0.15) is 0 Å². The van der Waals surface area contributed by atoms with Gasteiger partial charge in [0.05, 0.1) is 0 Å². The summed E-state index contributed by atoms with van der Waals surface area (Å²) in [5.74, 6) is 0. The Kier molecular flexibility index (Phi) is 4.47. The Balaban J connectivity index is 2.24. The number of rotatable bonds is 4. The van der Waals surface area contributed by atoms with Gasteiger partial charge in [0.2, 0.25) is 0 Å². The molecule has 0 saturated heterocycles. The molecule has 1 aromatic rings. The summed E-state index contributed by atoms with van der Waals surface area (Å²) in [5, 5.41) is 0.767. The predicted molar refractivity (Wildman–Crippen MR) is 76.3 cm³/mol. The van der Waals surface area contributed by atoms with Crippen LogP contribution in [0.15, 0.2) is 22.7 Å². The molecule has 2 rings (SSSR count). The van der Waals surface area contributed by atoms with Crippen LogP contribution in [0, 0.1) is 0 Å². The van der Waals surface area contributed by atoms with E-state index < -0.39 is 0 Å². The Hall–Kier alpha value is -0.0900. The maximum atomic E-state index is 6.07. The molecule has 0 aliphatic heterocycles. The van der Waals surface area contributed by atoms with Crippen LogP contribution in [-0.2, 0) is 0 Å². The molecule has 0 spiro atoms. The van der Waals surface area contributed by atoms with E-state index >= 15 is 0 Å². The third-order valence-corrected chi connectivity index (χ3v) is 4.64. The lowest BCUT2D eigenvalue weighted by Gasteiger charge is -2.40. The van der Waals surface area contributed by atoms with Crippen molar-refractivity contribution in [2.75, 3.05) is 13.6 Å². The van der Waals surface area contributed by atoms with Crippen molar-refractivity contribution < 1.29 is 0 Å². The second kappa shape index (κ2) is 5.70. The summed E-state index contributed by atoms with van der Waals surface area (Å²) in [4.78, 5) is 2.39. The second-order valence-corrected chi connectivity index (χ2v) is 5.96. The molecular weight excluding hydrogens is 300 g/mol. The smallest absolute Gasteiger partial charge is 0.0482 e. The predicted octanol–water partition coefficient (Wildman–Crippen LogP) is 3.59. The highest BCUT2D eigenvalue weighted by molar-refractivity contribution is 9.10. The highest BCUT2D eigenvalue weighted by Crippen LogP contribution is 2.34. The van der Waals surface area contributed by atoms with Gasteiger partial charge in [-0.05, 0) is 43.7 Å². The Labute approximate surface area is 116 Å². The van der Waals surface area contributed by atoms with Gasteiger partial charge in [-0.2, -0.15) is 0 Å². The molecule has 1 aliphatic carbocycles. The van der Waals surface area contributed by atoms with E-state index in [-0.39, 0.29) is 6.04 Å². The Morgan fingerprint density at radius 2 is 2.24 bits per heavy atom. The number of nitrogens with zero attached hydrogens (tertiary/aromatic N) is 1. The zero-order valence-corrected chi connectivity index (χ0v) is 12.3. The van der Waals surface area contributed by atoms with Crippen LogP contribution in [0.1, 0.15) is 30.9 Å². The Morgan fingerprint density at radius 1 is 1.53 bits per heavy atom. The molecular formula is C13H18BrClN2. The normalized spacial score (nSPS) is 18.2. The van der Waals surface area contributed by atoms with Gasteiger partial charge in [0, 0.05) is 28.1 Å². The first-order valence-electron chi connectivity index (χ1n) is 6.00. The fourth-order valence-corrected chi connectivity index (χ4v) is 3.02. The monoisotopic (exact) mass is 316 g/mol. The molecule has 1 aromatic carbocycles. The average Bonchev–Trinajstić information content (AvgIpc) is 2.22. The third-order valence-electron chi connectivity index (χ3n) is 3.68. The maximum absolute atomic E-state index is 6.07. The number of hydrogen-bond donors (Lipinski definition) is 1. The van der Waals surface area contributed by atoms with E-state index in [4.69, 9.17) is 17.3 Å². The van der Waals surface area contributed by atoms with Crippen molar-refractivity contribution in [3.8, 4) is 0 Å². The van der Waals surface area contributed by atoms with Crippen molar-refractivity contribution in [1.29, 1.82) is 0 Å². The highest BCUT2D eigenvalue weighted by atomic mass is 79.9. The number of halogens is 2. The van der Waals surface area contributed by atoms with Crippen molar-refractivity contribution in [2.45, 2.75) is 31.3 Å². The van der Waals surface area contributed by atoms with Gasteiger partial charge in [-0.25, -0.2) is 0 Å². The van der Waals surface area contributed by atoms with Crippen molar-refractivity contribution in [3.63, 3.8) is 0 Å². The van der Waals surface area contributed by atoms with E-state index in [1.807, 2.05) is 18.2 Å². The molecule has 1 aliphatic rings. The molecule has 0 bridgehead atoms. The molecule has 1 unspecified atom stereocenters. The van der Waals surface area contributed by atoms with E-state index in [1.54, 1.807) is 0 Å². The molecule has 0 aromatic heterocycles. The minimum absolute atomic E-state index is 0.244. The SMILES string of the molecule is CN(C1CCC1)C(CN)c1cc(Cl)ccc1Br. The van der Waals surface area contributed by atoms with E-state index in [0.717, 1.165) is 9.50 Å². The van der Waals surface area contributed by atoms with E-state index in [1.165, 1.54) is 24.8 Å². The second-order valence-electron chi connectivity index (χ2n) is 4.67. The van der Waals surface area contributed by atoms with Crippen LogP contribution in [-0.4, -0.2) is 24.5 Å². The number of benzene rings is 1. The lowest BCUT2D eigenvalue weighted by molar-refractivity contribution is 0.113. The van der Waals surface area contributed by atoms with Crippen LogP contribution in [0.25, 0.3) is 0 Å². The molecule has 17 heavy (non-hydrogen) atoms. The fraction of sp³-hybridized carbons (Fsp3) is 0.538. The van der Waals surface area contributed by atoms with E-state index in [0.29, 0.717) is 12.6 Å². The van der Waals surface area contributed by atoms with Crippen LogP contribution in [0.3, 0.4) is 0 Å². The number of likely N-dealkylation sites (N-methyl/N-ethyl adjacent to an activating group) is 1. The van der Waals surface area contributed by atoms with Gasteiger partial charge in [-0.15, -0.1) is 0 Å². The Bertz CT molecular complexity index is 393. The standard InChI is InChI=1S/C13H18BrClN2/c1-17(10-3-2-4-10)13(8-16)11-7-9(15)5-6-12(11)14/h5-7,10,13H,2-4,8,16H2,1H3. The van der Waals surface area contributed by atoms with Crippen molar-refractivity contribution >= 4 is 27.5 Å². The third kappa shape index (κ3) is 2.84. The summed E-state index contributed by atoms with van der Waals surface area (Å²) < 4.78 is 1.09. The molecule has 2 nitrogen and oxygen atoms in total. The molecule has 2 N–H and O–H groups in total. The molecule has 0 heterocycles. The van der Waals surface area contributed by atoms with Crippen LogP contribution in [0.5, 0.6) is 0 Å². The summed E-state index contributed by atoms with van der Waals surface area (Å²) in [6.07, 6.45) is 3.90. The highest BCUT2D eigenvalue weighted by Gasteiger charge is 2.28. The first-order valence-corrected chi connectivity index (χ1v) is 7.17. The first-order chi connectivity index (χ1) is 8.13. The molecule has 4 heteroatoms. The first kappa shape index (κ1) is 13.3. The van der Waals surface area contributed by atoms with Crippen molar-refractivity contribution in [1.82, 2.24) is 4.90 Å². The number of hydrogen-bond acceptors (Lipinski definition) is 2. The zero-order chi connectivity index (χ0) is 12.4. The fourth-order valence-electron chi connectivity index (χ4n) is 2.33. The zero-order valence-electron chi connectivity index (χ0n) is 10.00. The van der Waals surface area contributed by atoms with Gasteiger partial charge in [0.25, 0.3) is 0 Å². The van der Waals surface area contributed by atoms with Gasteiger partial charge in [-0.1, -0.05) is 34.0 Å². The topological polar surface area (TPSA) is 29.3 Å². The Morgan fingerprint density at radius 3 is 2.76 bits per heavy atom. The summed E-state index contributed by atoms with van der Waals surface area (Å²) in [6.45, 7) is 0.617. The van der Waals surface area contributed by atoms with Crippen molar-refractivity contribution in [3.05, 3.63) is 33.3 Å². The minimum Gasteiger partial charge on any atom is -0.329 e. The van der Waals surface area contributed by atoms with Crippen LogP contribution in [0.2, 0.25) is 5.02 Å². The van der Waals surface area contributed by atoms with Crippen molar-refractivity contribution in [2.24, 2.45) is 5.73 Å². The largest absolute Gasteiger partial charge is 0.329 e. The summed E-state index contributed by atoms with van der Waals surface area (Å²) >= 11 is 9.66. The quantitative estimate of drug-likeness (QED) is 0.919. The lowest BCUT2D eigenvalue weighted by atomic mass is 9.89. The summed E-state index contributed by atoms with van der Waals surface area (Å²) in [6, 6.07) is 6.82. The minimum atomic E-state index is 0.244. The van der Waals surface area contributed by atoms with Gasteiger partial charge < -0.3 is 5.73 Å².